The maximum Gasteiger partial charge on any atom is 0.0420 e. The lowest BCUT2D eigenvalue weighted by Gasteiger charge is -2.15. The van der Waals surface area contributed by atoms with Crippen LogP contribution in [0.4, 0.5) is 0 Å². The number of nitrogens with two attached hydrogens (primary N) is 1. The lowest BCUT2D eigenvalue weighted by molar-refractivity contribution is 0.487. The number of nitrogens with one attached hydrogen (secondary N) is 1. The van der Waals surface area contributed by atoms with E-state index in [2.05, 4.69) is 57.5 Å². The number of hydrazine groups is 1. The van der Waals surface area contributed by atoms with Crippen LogP contribution in [0, 0.1) is 6.92 Å². The molecule has 20 heavy (non-hydrogen) atoms. The number of pyridine rings is 1. The molecule has 1 aromatic heterocycles. The fourth-order valence-corrected chi connectivity index (χ4v) is 2.47. The van der Waals surface area contributed by atoms with Crippen LogP contribution in [0.3, 0.4) is 0 Å². The molecular formula is C16H20BrN3. The minimum Gasteiger partial charge on any atom is -0.271 e. The molecule has 0 amide bonds. The van der Waals surface area contributed by atoms with Crippen molar-refractivity contribution in [3.05, 3.63) is 63.9 Å². The number of hydrogen-bond donors (Lipinski definition) is 2. The predicted molar refractivity (Wildman–Crippen MR) is 86.3 cm³/mol. The van der Waals surface area contributed by atoms with E-state index in [0.717, 1.165) is 29.4 Å². The number of hydrogen-bond acceptors (Lipinski definition) is 3. The molecule has 0 saturated carbocycles. The Balaban J connectivity index is 1.90. The molecule has 2 aromatic rings. The third-order valence-electron chi connectivity index (χ3n) is 3.34. The number of halogens is 1. The van der Waals surface area contributed by atoms with Gasteiger partial charge in [0.15, 0.2) is 0 Å². The van der Waals surface area contributed by atoms with Gasteiger partial charge in [0.1, 0.15) is 0 Å². The second-order valence-corrected chi connectivity index (χ2v) is 5.98. The Kier molecular flexibility index (Phi) is 5.71. The second-order valence-electron chi connectivity index (χ2n) is 5.06. The first-order valence-corrected chi connectivity index (χ1v) is 7.59. The summed E-state index contributed by atoms with van der Waals surface area (Å²) in [5, 5.41) is 0. The van der Waals surface area contributed by atoms with Gasteiger partial charge in [-0.05, 0) is 53.4 Å². The van der Waals surface area contributed by atoms with E-state index < -0.39 is 0 Å². The van der Waals surface area contributed by atoms with Crippen molar-refractivity contribution in [3.8, 4) is 0 Å². The lowest BCUT2D eigenvalue weighted by atomic mass is 10.0. The summed E-state index contributed by atoms with van der Waals surface area (Å²) in [5.41, 5.74) is 6.61. The third kappa shape index (κ3) is 4.71. The van der Waals surface area contributed by atoms with E-state index >= 15 is 0 Å². The van der Waals surface area contributed by atoms with Gasteiger partial charge in [-0.2, -0.15) is 0 Å². The van der Waals surface area contributed by atoms with Crippen molar-refractivity contribution in [3.63, 3.8) is 0 Å². The highest BCUT2D eigenvalue weighted by Gasteiger charge is 2.09. The summed E-state index contributed by atoms with van der Waals surface area (Å²) >= 11 is 3.39. The molecule has 0 radical (unpaired) electrons. The summed E-state index contributed by atoms with van der Waals surface area (Å²) in [6.07, 6.45) is 4.68. The van der Waals surface area contributed by atoms with Crippen LogP contribution >= 0.6 is 15.9 Å². The summed E-state index contributed by atoms with van der Waals surface area (Å²) in [6, 6.07) is 12.9. The van der Waals surface area contributed by atoms with Crippen molar-refractivity contribution < 1.29 is 0 Å². The Morgan fingerprint density at radius 3 is 2.80 bits per heavy atom. The molecule has 0 aliphatic rings. The van der Waals surface area contributed by atoms with Crippen molar-refractivity contribution in [2.75, 3.05) is 0 Å². The molecule has 3 N–H and O–H groups in total. The van der Waals surface area contributed by atoms with Gasteiger partial charge < -0.3 is 0 Å². The highest BCUT2D eigenvalue weighted by atomic mass is 79.9. The number of rotatable bonds is 6. The standard InChI is InChI=1S/C16H20BrN3/c1-12-3-2-4-13(9-12)5-7-16(20-18)10-15-8-6-14(17)11-19-15/h2-4,6,8-9,11,16,20H,5,7,10,18H2,1H3. The molecule has 0 aliphatic carbocycles. The Morgan fingerprint density at radius 2 is 2.15 bits per heavy atom. The molecular weight excluding hydrogens is 314 g/mol. The summed E-state index contributed by atoms with van der Waals surface area (Å²) in [6.45, 7) is 2.12. The fourth-order valence-electron chi connectivity index (χ4n) is 2.23. The molecule has 0 aliphatic heterocycles. The van der Waals surface area contributed by atoms with Crippen LogP contribution in [0.15, 0.2) is 47.1 Å². The minimum absolute atomic E-state index is 0.240. The van der Waals surface area contributed by atoms with Crippen LogP contribution in [-0.2, 0) is 12.8 Å². The smallest absolute Gasteiger partial charge is 0.0420 e. The number of aryl methyl sites for hydroxylation is 2. The van der Waals surface area contributed by atoms with Gasteiger partial charge in [0.05, 0.1) is 0 Å². The van der Waals surface area contributed by atoms with Crippen LogP contribution in [0.5, 0.6) is 0 Å². The lowest BCUT2D eigenvalue weighted by Crippen LogP contribution is -2.37. The summed E-state index contributed by atoms with van der Waals surface area (Å²) in [4.78, 5) is 4.39. The van der Waals surface area contributed by atoms with E-state index in [1.54, 1.807) is 0 Å². The summed E-state index contributed by atoms with van der Waals surface area (Å²) < 4.78 is 0.998. The Labute approximate surface area is 128 Å². The van der Waals surface area contributed by atoms with Gasteiger partial charge in [-0.25, -0.2) is 0 Å². The molecule has 0 bridgehead atoms. The van der Waals surface area contributed by atoms with Crippen molar-refractivity contribution in [2.45, 2.75) is 32.2 Å². The maximum atomic E-state index is 5.66. The molecule has 3 nitrogen and oxygen atoms in total. The van der Waals surface area contributed by atoms with Crippen LogP contribution in [-0.4, -0.2) is 11.0 Å². The van der Waals surface area contributed by atoms with Crippen molar-refractivity contribution >= 4 is 15.9 Å². The monoisotopic (exact) mass is 333 g/mol. The van der Waals surface area contributed by atoms with Gasteiger partial charge in [0.2, 0.25) is 0 Å². The SMILES string of the molecule is Cc1cccc(CCC(Cc2ccc(Br)cn2)NN)c1. The van der Waals surface area contributed by atoms with Crippen LogP contribution in [0.25, 0.3) is 0 Å². The average molecular weight is 334 g/mol. The van der Waals surface area contributed by atoms with E-state index in [1.807, 2.05) is 18.3 Å². The number of aromatic nitrogens is 1. The van der Waals surface area contributed by atoms with Gasteiger partial charge in [0, 0.05) is 28.8 Å². The zero-order valence-corrected chi connectivity index (χ0v) is 13.2. The van der Waals surface area contributed by atoms with E-state index in [-0.39, 0.29) is 6.04 Å². The van der Waals surface area contributed by atoms with Crippen LogP contribution in [0.2, 0.25) is 0 Å². The zero-order valence-electron chi connectivity index (χ0n) is 11.6. The first kappa shape index (κ1) is 15.2. The summed E-state index contributed by atoms with van der Waals surface area (Å²) in [7, 11) is 0. The van der Waals surface area contributed by atoms with Gasteiger partial charge in [-0.1, -0.05) is 29.8 Å². The van der Waals surface area contributed by atoms with Gasteiger partial charge in [0.25, 0.3) is 0 Å². The van der Waals surface area contributed by atoms with Crippen LogP contribution < -0.4 is 11.3 Å². The van der Waals surface area contributed by atoms with Crippen molar-refractivity contribution in [1.29, 1.82) is 0 Å². The average Bonchev–Trinajstić information content (AvgIpc) is 2.45. The van der Waals surface area contributed by atoms with E-state index in [1.165, 1.54) is 11.1 Å². The second kappa shape index (κ2) is 7.53. The molecule has 2 rings (SSSR count). The van der Waals surface area contributed by atoms with Crippen molar-refractivity contribution in [1.82, 2.24) is 10.4 Å². The maximum absolute atomic E-state index is 5.66. The Bertz CT molecular complexity index is 540. The highest BCUT2D eigenvalue weighted by Crippen LogP contribution is 2.12. The van der Waals surface area contributed by atoms with Gasteiger partial charge in [-0.3, -0.25) is 16.3 Å². The fraction of sp³-hybridized carbons (Fsp3) is 0.312. The van der Waals surface area contributed by atoms with E-state index in [4.69, 9.17) is 5.84 Å². The Hall–Kier alpha value is -1.23. The first-order chi connectivity index (χ1) is 9.67. The topological polar surface area (TPSA) is 50.9 Å². The van der Waals surface area contributed by atoms with Gasteiger partial charge >= 0.3 is 0 Å². The van der Waals surface area contributed by atoms with Gasteiger partial charge in [-0.15, -0.1) is 0 Å². The Morgan fingerprint density at radius 1 is 1.30 bits per heavy atom. The minimum atomic E-state index is 0.240. The molecule has 1 aromatic carbocycles. The number of benzene rings is 1. The molecule has 1 heterocycles. The van der Waals surface area contributed by atoms with Crippen LogP contribution in [0.1, 0.15) is 23.2 Å². The normalized spacial score (nSPS) is 12.3. The predicted octanol–water partition coefficient (Wildman–Crippen LogP) is 3.16. The molecule has 0 fully saturated rings. The summed E-state index contributed by atoms with van der Waals surface area (Å²) in [5.74, 6) is 5.66. The largest absolute Gasteiger partial charge is 0.271 e. The van der Waals surface area contributed by atoms with E-state index in [0.29, 0.717) is 0 Å². The molecule has 106 valence electrons. The quantitative estimate of drug-likeness (QED) is 0.630. The molecule has 1 unspecified atom stereocenters. The number of nitrogens with zero attached hydrogens (tertiary/aromatic N) is 1. The van der Waals surface area contributed by atoms with E-state index in [9.17, 15) is 0 Å². The highest BCUT2D eigenvalue weighted by molar-refractivity contribution is 9.10. The molecule has 0 saturated heterocycles. The molecule has 1 atom stereocenters. The third-order valence-corrected chi connectivity index (χ3v) is 3.81. The molecule has 0 spiro atoms. The first-order valence-electron chi connectivity index (χ1n) is 6.79. The zero-order chi connectivity index (χ0) is 14.4. The van der Waals surface area contributed by atoms with Crippen molar-refractivity contribution in [2.24, 2.45) is 5.84 Å². The molecule has 4 heteroatoms.